The van der Waals surface area contributed by atoms with Gasteiger partial charge in [-0.25, -0.2) is 0 Å². The molecule has 0 aromatic heterocycles. The number of benzene rings is 3. The topological polar surface area (TPSA) is 29.5 Å². The molecule has 0 heterocycles. The molecule has 3 aromatic rings. The van der Waals surface area contributed by atoms with Crippen LogP contribution in [0.3, 0.4) is 0 Å². The molecule has 0 radical (unpaired) electrons. The number of hydrogen-bond acceptors (Lipinski definition) is 3. The second-order valence-electron chi connectivity index (χ2n) is 9.67. The van der Waals surface area contributed by atoms with E-state index in [1.54, 1.807) is 0 Å². The van der Waals surface area contributed by atoms with Gasteiger partial charge in [0.1, 0.15) is 28.9 Å². The number of rotatable bonds is 6. The molecular formula is C29H32O2PS+. The maximum atomic E-state index is 10.9. The average Bonchev–Trinajstić information content (AvgIpc) is 3.18. The van der Waals surface area contributed by atoms with E-state index in [2.05, 4.69) is 111 Å². The van der Waals surface area contributed by atoms with Crippen molar-refractivity contribution in [3.05, 3.63) is 102 Å². The first-order valence-electron chi connectivity index (χ1n) is 11.9. The summed E-state index contributed by atoms with van der Waals surface area (Å²) in [5.74, 6) is 1.33. The van der Waals surface area contributed by atoms with Crippen LogP contribution in [0.5, 0.6) is 0 Å². The molecule has 3 aromatic carbocycles. The van der Waals surface area contributed by atoms with Crippen molar-refractivity contribution in [1.82, 2.24) is 0 Å². The Labute approximate surface area is 203 Å². The van der Waals surface area contributed by atoms with Crippen LogP contribution in [-0.4, -0.2) is 17.4 Å². The zero-order chi connectivity index (χ0) is 22.9. The van der Waals surface area contributed by atoms with Gasteiger partial charge in [-0.05, 0) is 61.6 Å². The normalized spacial score (nSPS) is 25.1. The van der Waals surface area contributed by atoms with E-state index < -0.39 is 7.26 Å². The van der Waals surface area contributed by atoms with E-state index in [-0.39, 0.29) is 11.5 Å². The maximum Gasteiger partial charge on any atom is 0.117 e. The first-order chi connectivity index (χ1) is 16.1. The molecule has 2 aliphatic rings. The van der Waals surface area contributed by atoms with Crippen molar-refractivity contribution in [2.75, 3.05) is 6.16 Å². The molecule has 1 fully saturated rings. The standard InChI is InChI=1S/C29H31O2PS/c1-29-20-19-27(31-33)25(26(29)17-18-28(29)30)21-32(22-11-5-2-6-12-22,23-13-7-3-8-14-23)24-15-9-4-10-16-24/h2-16,26,28,30H,17-21H2,1H3/p+1/t26-,28-,29-/m0/s1. The number of thiol groups is 1. The van der Waals surface area contributed by atoms with Gasteiger partial charge in [-0.3, -0.25) is 0 Å². The van der Waals surface area contributed by atoms with E-state index in [0.29, 0.717) is 5.92 Å². The van der Waals surface area contributed by atoms with Crippen LogP contribution in [0.15, 0.2) is 102 Å². The van der Waals surface area contributed by atoms with E-state index in [1.807, 2.05) is 0 Å². The van der Waals surface area contributed by atoms with Gasteiger partial charge in [-0.2, -0.15) is 0 Å². The smallest absolute Gasteiger partial charge is 0.117 e. The molecule has 0 amide bonds. The van der Waals surface area contributed by atoms with Crippen molar-refractivity contribution in [3.8, 4) is 0 Å². The largest absolute Gasteiger partial charge is 0.433 e. The quantitative estimate of drug-likeness (QED) is 0.273. The molecule has 2 aliphatic carbocycles. The molecule has 170 valence electrons. The summed E-state index contributed by atoms with van der Waals surface area (Å²) in [5.41, 5.74) is 1.27. The van der Waals surface area contributed by atoms with Crippen molar-refractivity contribution in [1.29, 1.82) is 0 Å². The highest BCUT2D eigenvalue weighted by Gasteiger charge is 2.55. The molecule has 3 atom stereocenters. The lowest BCUT2D eigenvalue weighted by Crippen LogP contribution is -2.40. The van der Waals surface area contributed by atoms with Gasteiger partial charge in [-0.1, -0.05) is 61.5 Å². The van der Waals surface area contributed by atoms with Gasteiger partial charge in [0.05, 0.1) is 12.3 Å². The molecule has 0 unspecified atom stereocenters. The lowest BCUT2D eigenvalue weighted by Gasteiger charge is -2.41. The molecule has 0 spiro atoms. The van der Waals surface area contributed by atoms with Crippen molar-refractivity contribution >= 4 is 36.1 Å². The van der Waals surface area contributed by atoms with Crippen LogP contribution in [-0.2, 0) is 4.18 Å². The van der Waals surface area contributed by atoms with Crippen molar-refractivity contribution in [2.24, 2.45) is 11.3 Å². The summed E-state index contributed by atoms with van der Waals surface area (Å²) in [7, 11) is -2.02. The minimum atomic E-state index is -2.02. The highest BCUT2D eigenvalue weighted by atomic mass is 32.1. The number of aliphatic hydroxyl groups excluding tert-OH is 1. The molecule has 0 saturated heterocycles. The minimum Gasteiger partial charge on any atom is -0.433 e. The third-order valence-electron chi connectivity index (χ3n) is 8.06. The molecule has 1 saturated carbocycles. The fourth-order valence-electron chi connectivity index (χ4n) is 6.19. The summed E-state index contributed by atoms with van der Waals surface area (Å²) in [6, 6.07) is 33.0. The van der Waals surface area contributed by atoms with E-state index in [0.717, 1.165) is 37.6 Å². The van der Waals surface area contributed by atoms with Gasteiger partial charge in [0.25, 0.3) is 0 Å². The van der Waals surface area contributed by atoms with Gasteiger partial charge in [0.15, 0.2) is 0 Å². The second kappa shape index (κ2) is 9.29. The maximum absolute atomic E-state index is 10.9. The van der Waals surface area contributed by atoms with Crippen LogP contribution < -0.4 is 15.9 Å². The van der Waals surface area contributed by atoms with Gasteiger partial charge >= 0.3 is 0 Å². The number of hydrogen-bond donors (Lipinski definition) is 2. The Morgan fingerprint density at radius 1 is 0.848 bits per heavy atom. The Balaban J connectivity index is 1.76. The van der Waals surface area contributed by atoms with Gasteiger partial charge in [-0.15, -0.1) is 0 Å². The van der Waals surface area contributed by atoms with E-state index in [4.69, 9.17) is 4.18 Å². The van der Waals surface area contributed by atoms with Crippen LogP contribution in [0, 0.1) is 11.3 Å². The molecule has 33 heavy (non-hydrogen) atoms. The second-order valence-corrected chi connectivity index (χ2v) is 13.3. The molecule has 4 heteroatoms. The van der Waals surface area contributed by atoms with Crippen molar-refractivity contribution in [2.45, 2.75) is 38.7 Å². The van der Waals surface area contributed by atoms with Crippen LogP contribution >= 0.6 is 20.2 Å². The lowest BCUT2D eigenvalue weighted by atomic mass is 9.68. The first-order valence-corrected chi connectivity index (χ1v) is 14.2. The summed E-state index contributed by atoms with van der Waals surface area (Å²) < 4.78 is 5.76. The highest BCUT2D eigenvalue weighted by Crippen LogP contribution is 2.62. The zero-order valence-electron chi connectivity index (χ0n) is 19.1. The van der Waals surface area contributed by atoms with E-state index in [9.17, 15) is 5.11 Å². The Kier molecular flexibility index (Phi) is 6.40. The lowest BCUT2D eigenvalue weighted by molar-refractivity contribution is 0.0328. The summed E-state index contributed by atoms with van der Waals surface area (Å²) in [6.07, 6.45) is 4.31. The fourth-order valence-corrected chi connectivity index (χ4v) is 10.8. The van der Waals surface area contributed by atoms with Gasteiger partial charge < -0.3 is 9.29 Å². The molecule has 0 aliphatic heterocycles. The van der Waals surface area contributed by atoms with Crippen molar-refractivity contribution < 1.29 is 9.29 Å². The zero-order valence-corrected chi connectivity index (χ0v) is 20.9. The summed E-state index contributed by atoms with van der Waals surface area (Å²) in [5, 5.41) is 15.1. The van der Waals surface area contributed by atoms with Crippen LogP contribution in [0.25, 0.3) is 0 Å². The average molecular weight is 476 g/mol. The Morgan fingerprint density at radius 2 is 1.33 bits per heavy atom. The number of aliphatic hydroxyl groups is 1. The Hall–Kier alpha value is -2.06. The van der Waals surface area contributed by atoms with Crippen LogP contribution in [0.1, 0.15) is 32.6 Å². The molecular weight excluding hydrogens is 443 g/mol. The third kappa shape index (κ3) is 3.85. The summed E-state index contributed by atoms with van der Waals surface area (Å²) >= 11 is 4.31. The van der Waals surface area contributed by atoms with E-state index >= 15 is 0 Å². The van der Waals surface area contributed by atoms with Crippen LogP contribution in [0.4, 0.5) is 0 Å². The Morgan fingerprint density at radius 3 is 1.79 bits per heavy atom. The molecule has 5 rings (SSSR count). The summed E-state index contributed by atoms with van der Waals surface area (Å²) in [6.45, 7) is 2.28. The van der Waals surface area contributed by atoms with Crippen molar-refractivity contribution in [3.63, 3.8) is 0 Å². The van der Waals surface area contributed by atoms with Gasteiger partial charge in [0.2, 0.25) is 0 Å². The predicted octanol–water partition coefficient (Wildman–Crippen LogP) is 5.67. The molecule has 2 nitrogen and oxygen atoms in total. The first kappa shape index (κ1) is 22.7. The molecule has 1 N–H and O–H groups in total. The van der Waals surface area contributed by atoms with E-state index in [1.165, 1.54) is 21.5 Å². The molecule has 0 bridgehead atoms. The van der Waals surface area contributed by atoms with Crippen LogP contribution in [0.2, 0.25) is 0 Å². The predicted molar refractivity (Wildman–Crippen MR) is 143 cm³/mol. The highest BCUT2D eigenvalue weighted by molar-refractivity contribution is 7.95. The number of allylic oxidation sites excluding steroid dienone is 2. The third-order valence-corrected chi connectivity index (χ3v) is 12.6. The van der Waals surface area contributed by atoms with Gasteiger partial charge in [0, 0.05) is 30.3 Å². The monoisotopic (exact) mass is 475 g/mol. The SMILES string of the molecule is C[C@]12CCC(OS)=C(C[P+](c3ccccc3)(c3ccccc3)c3ccccc3)[C@@H]1CC[C@@H]2O. The number of fused-ring (bicyclic) bond motifs is 1. The summed E-state index contributed by atoms with van der Waals surface area (Å²) in [4.78, 5) is 0. The fraction of sp³-hybridized carbons (Fsp3) is 0.310. The Bertz CT molecular complexity index is 1020. The minimum absolute atomic E-state index is 0.0924.